The second-order valence-electron chi connectivity index (χ2n) is 4.95. The highest BCUT2D eigenvalue weighted by Crippen LogP contribution is 2.13. The van der Waals surface area contributed by atoms with Gasteiger partial charge in [0.25, 0.3) is 5.91 Å². The molecule has 2 aromatic heterocycles. The fourth-order valence-corrected chi connectivity index (χ4v) is 2.59. The van der Waals surface area contributed by atoms with Crippen LogP contribution in [0, 0.1) is 0 Å². The minimum Gasteiger partial charge on any atom is -0.368 e. The minimum atomic E-state index is -0.0641. The fourth-order valence-electron chi connectivity index (χ4n) is 1.83. The van der Waals surface area contributed by atoms with Gasteiger partial charge in [-0.3, -0.25) is 4.79 Å². The molecule has 0 saturated heterocycles. The molecule has 5 heteroatoms. The largest absolute Gasteiger partial charge is 0.368 e. The summed E-state index contributed by atoms with van der Waals surface area (Å²) >= 11 is 1.65. The molecular weight excluding hydrogens is 270 g/mol. The highest BCUT2D eigenvalue weighted by Gasteiger charge is 2.14. The zero-order valence-electron chi connectivity index (χ0n) is 12.0. The topological polar surface area (TPSA) is 45.2 Å². The summed E-state index contributed by atoms with van der Waals surface area (Å²) < 4.78 is 0. The van der Waals surface area contributed by atoms with Gasteiger partial charge in [-0.25, -0.2) is 4.98 Å². The van der Waals surface area contributed by atoms with Crippen molar-refractivity contribution >= 4 is 23.1 Å². The number of carbonyl (C=O) groups is 1. The molecule has 1 N–H and O–H groups in total. The number of hydrogen-bond donors (Lipinski definition) is 1. The Hall–Kier alpha value is -1.88. The standard InChI is InChI=1S/C15H19N3OS/c1-11(2)16-14-8-4-7-13(17-14)15(19)18(3)10-12-6-5-9-20-12/h4-9,11H,10H2,1-3H3,(H,16,17). The van der Waals surface area contributed by atoms with Crippen LogP contribution in [0.5, 0.6) is 0 Å². The van der Waals surface area contributed by atoms with Gasteiger partial charge in [-0.15, -0.1) is 11.3 Å². The number of carbonyl (C=O) groups excluding carboxylic acids is 1. The quantitative estimate of drug-likeness (QED) is 0.919. The van der Waals surface area contributed by atoms with Crippen LogP contribution in [-0.4, -0.2) is 28.9 Å². The van der Waals surface area contributed by atoms with Crippen molar-refractivity contribution in [2.45, 2.75) is 26.4 Å². The van der Waals surface area contributed by atoms with Crippen molar-refractivity contribution < 1.29 is 4.79 Å². The lowest BCUT2D eigenvalue weighted by Gasteiger charge is -2.16. The smallest absolute Gasteiger partial charge is 0.272 e. The average Bonchev–Trinajstić information content (AvgIpc) is 2.90. The van der Waals surface area contributed by atoms with Crippen LogP contribution in [0.2, 0.25) is 0 Å². The zero-order chi connectivity index (χ0) is 14.5. The first kappa shape index (κ1) is 14.5. The van der Waals surface area contributed by atoms with Gasteiger partial charge in [0.15, 0.2) is 0 Å². The first-order chi connectivity index (χ1) is 9.56. The first-order valence-electron chi connectivity index (χ1n) is 6.57. The van der Waals surface area contributed by atoms with Gasteiger partial charge in [-0.2, -0.15) is 0 Å². The summed E-state index contributed by atoms with van der Waals surface area (Å²) in [6.07, 6.45) is 0. The third-order valence-electron chi connectivity index (χ3n) is 2.72. The molecule has 0 bridgehead atoms. The van der Waals surface area contributed by atoms with Crippen LogP contribution in [0.3, 0.4) is 0 Å². The summed E-state index contributed by atoms with van der Waals surface area (Å²) in [5, 5.41) is 5.22. The third kappa shape index (κ3) is 3.81. The SMILES string of the molecule is CC(C)Nc1cccc(C(=O)N(C)Cc2cccs2)n1. The number of aromatic nitrogens is 1. The van der Waals surface area contributed by atoms with Gasteiger partial charge in [-0.05, 0) is 37.4 Å². The van der Waals surface area contributed by atoms with E-state index in [1.54, 1.807) is 29.4 Å². The number of anilines is 1. The lowest BCUT2D eigenvalue weighted by molar-refractivity contribution is 0.0781. The number of nitrogens with one attached hydrogen (secondary N) is 1. The number of rotatable bonds is 5. The lowest BCUT2D eigenvalue weighted by Crippen LogP contribution is -2.27. The summed E-state index contributed by atoms with van der Waals surface area (Å²) in [7, 11) is 1.80. The number of pyridine rings is 1. The van der Waals surface area contributed by atoms with Crippen LogP contribution >= 0.6 is 11.3 Å². The van der Waals surface area contributed by atoms with E-state index in [1.807, 2.05) is 43.5 Å². The number of amides is 1. The predicted octanol–water partition coefficient (Wildman–Crippen LogP) is 3.24. The van der Waals surface area contributed by atoms with Gasteiger partial charge in [0.1, 0.15) is 11.5 Å². The molecule has 2 heterocycles. The molecule has 0 saturated carbocycles. The summed E-state index contributed by atoms with van der Waals surface area (Å²) in [5.74, 6) is 0.668. The first-order valence-corrected chi connectivity index (χ1v) is 7.45. The van der Waals surface area contributed by atoms with E-state index < -0.39 is 0 Å². The summed E-state index contributed by atoms with van der Waals surface area (Å²) in [6, 6.07) is 9.78. The van der Waals surface area contributed by atoms with E-state index in [1.165, 1.54) is 0 Å². The molecule has 0 unspecified atom stereocenters. The van der Waals surface area contributed by atoms with Crippen LogP contribution in [0.15, 0.2) is 35.7 Å². The van der Waals surface area contributed by atoms with Gasteiger partial charge in [0.05, 0.1) is 6.54 Å². The van der Waals surface area contributed by atoms with Gasteiger partial charge >= 0.3 is 0 Å². The van der Waals surface area contributed by atoms with Crippen molar-refractivity contribution in [3.8, 4) is 0 Å². The molecule has 0 aliphatic carbocycles. The van der Waals surface area contributed by atoms with E-state index in [-0.39, 0.29) is 11.9 Å². The zero-order valence-corrected chi connectivity index (χ0v) is 12.8. The second-order valence-corrected chi connectivity index (χ2v) is 5.98. The Morgan fingerprint density at radius 1 is 1.35 bits per heavy atom. The molecule has 0 aliphatic heterocycles. The van der Waals surface area contributed by atoms with Crippen molar-refractivity contribution in [1.82, 2.24) is 9.88 Å². The van der Waals surface area contributed by atoms with Crippen LogP contribution in [0.4, 0.5) is 5.82 Å². The van der Waals surface area contributed by atoms with Crippen LogP contribution in [0.1, 0.15) is 29.2 Å². The Bertz CT molecular complexity index is 566. The Morgan fingerprint density at radius 2 is 2.15 bits per heavy atom. The normalized spacial score (nSPS) is 10.6. The minimum absolute atomic E-state index is 0.0641. The molecule has 4 nitrogen and oxygen atoms in total. The fraction of sp³-hybridized carbons (Fsp3) is 0.333. The number of thiophene rings is 1. The van der Waals surface area contributed by atoms with Crippen molar-refractivity contribution in [1.29, 1.82) is 0 Å². The Morgan fingerprint density at radius 3 is 2.80 bits per heavy atom. The molecule has 1 amide bonds. The van der Waals surface area contributed by atoms with Crippen LogP contribution < -0.4 is 5.32 Å². The van der Waals surface area contributed by atoms with E-state index in [0.717, 1.165) is 10.7 Å². The third-order valence-corrected chi connectivity index (χ3v) is 3.59. The van der Waals surface area contributed by atoms with Gasteiger partial charge in [-0.1, -0.05) is 12.1 Å². The Balaban J connectivity index is 2.08. The highest BCUT2D eigenvalue weighted by atomic mass is 32.1. The summed E-state index contributed by atoms with van der Waals surface area (Å²) in [5.41, 5.74) is 0.467. The molecule has 0 aliphatic rings. The van der Waals surface area contributed by atoms with E-state index in [0.29, 0.717) is 12.2 Å². The van der Waals surface area contributed by atoms with Crippen molar-refractivity contribution in [3.63, 3.8) is 0 Å². The van der Waals surface area contributed by atoms with Crippen LogP contribution in [-0.2, 0) is 6.54 Å². The van der Waals surface area contributed by atoms with E-state index >= 15 is 0 Å². The van der Waals surface area contributed by atoms with E-state index in [4.69, 9.17) is 0 Å². The predicted molar refractivity (Wildman–Crippen MR) is 83.1 cm³/mol. The second kappa shape index (κ2) is 6.52. The van der Waals surface area contributed by atoms with Gasteiger partial charge < -0.3 is 10.2 Å². The molecule has 0 aromatic carbocycles. The summed E-state index contributed by atoms with van der Waals surface area (Å²) in [6.45, 7) is 4.69. The van der Waals surface area contributed by atoms with Gasteiger partial charge in [0, 0.05) is 18.0 Å². The molecule has 0 atom stereocenters. The molecule has 0 radical (unpaired) electrons. The number of hydrogen-bond acceptors (Lipinski definition) is 4. The van der Waals surface area contributed by atoms with Crippen molar-refractivity contribution in [2.24, 2.45) is 0 Å². The highest BCUT2D eigenvalue weighted by molar-refractivity contribution is 7.09. The average molecular weight is 289 g/mol. The Kier molecular flexibility index (Phi) is 4.74. The molecule has 20 heavy (non-hydrogen) atoms. The molecular formula is C15H19N3OS. The molecule has 2 aromatic rings. The van der Waals surface area contributed by atoms with Gasteiger partial charge in [0.2, 0.25) is 0 Å². The molecule has 0 fully saturated rings. The van der Waals surface area contributed by atoms with Crippen molar-refractivity contribution in [2.75, 3.05) is 12.4 Å². The maximum Gasteiger partial charge on any atom is 0.272 e. The monoisotopic (exact) mass is 289 g/mol. The lowest BCUT2D eigenvalue weighted by atomic mass is 10.3. The Labute approximate surface area is 123 Å². The maximum absolute atomic E-state index is 12.3. The van der Waals surface area contributed by atoms with E-state index in [9.17, 15) is 4.79 Å². The molecule has 0 spiro atoms. The molecule has 106 valence electrons. The van der Waals surface area contributed by atoms with Crippen molar-refractivity contribution in [3.05, 3.63) is 46.3 Å². The molecule has 2 rings (SSSR count). The van der Waals surface area contributed by atoms with Crippen LogP contribution in [0.25, 0.3) is 0 Å². The summed E-state index contributed by atoms with van der Waals surface area (Å²) in [4.78, 5) is 19.6. The maximum atomic E-state index is 12.3. The number of nitrogens with zero attached hydrogens (tertiary/aromatic N) is 2. The van der Waals surface area contributed by atoms with E-state index in [2.05, 4.69) is 10.3 Å².